The Bertz CT molecular complexity index is 903. The highest BCUT2D eigenvalue weighted by atomic mass is 16.2. The molecule has 0 aliphatic heterocycles. The SMILES string of the molecule is CCCCCCCCCCCCCCNC(=O)CCN(C)CCN(CCC(=O)NCCCCCCCCCCCCCC)CCC(=O)NCCCCCCCCCCCCCC. The summed E-state index contributed by atoms with van der Waals surface area (Å²) in [5, 5.41) is 9.43. The third-order valence-electron chi connectivity index (χ3n) is 12.9. The summed E-state index contributed by atoms with van der Waals surface area (Å²) in [6.45, 7) is 12.7. The first-order chi connectivity index (χ1) is 30.4. The molecule has 8 heteroatoms. The van der Waals surface area contributed by atoms with Gasteiger partial charge in [0.15, 0.2) is 0 Å². The fourth-order valence-corrected chi connectivity index (χ4v) is 8.42. The van der Waals surface area contributed by atoms with Crippen LogP contribution in [0.5, 0.6) is 0 Å². The number of nitrogens with one attached hydrogen (secondary N) is 3. The third kappa shape index (κ3) is 47.8. The lowest BCUT2D eigenvalue weighted by Gasteiger charge is -2.25. The lowest BCUT2D eigenvalue weighted by atomic mass is 10.1. The number of likely N-dealkylation sites (N-methyl/N-ethyl adjacent to an activating group) is 1. The van der Waals surface area contributed by atoms with Gasteiger partial charge in [-0.3, -0.25) is 14.4 Å². The minimum atomic E-state index is 0.104. The van der Waals surface area contributed by atoms with Crippen molar-refractivity contribution in [2.45, 2.75) is 271 Å². The summed E-state index contributed by atoms with van der Waals surface area (Å²) in [4.78, 5) is 42.7. The highest BCUT2D eigenvalue weighted by molar-refractivity contribution is 5.77. The van der Waals surface area contributed by atoms with Gasteiger partial charge in [0.05, 0.1) is 0 Å². The average Bonchev–Trinajstić information content (AvgIpc) is 3.27. The number of nitrogens with zero attached hydrogens (tertiary/aromatic N) is 2. The van der Waals surface area contributed by atoms with Crippen LogP contribution >= 0.6 is 0 Å². The number of amides is 3. The van der Waals surface area contributed by atoms with Gasteiger partial charge in [-0.05, 0) is 26.3 Å². The van der Waals surface area contributed by atoms with E-state index in [-0.39, 0.29) is 17.7 Å². The lowest BCUT2D eigenvalue weighted by Crippen LogP contribution is -2.39. The van der Waals surface area contributed by atoms with Crippen molar-refractivity contribution in [1.29, 1.82) is 0 Å². The molecule has 0 spiro atoms. The molecule has 0 heterocycles. The van der Waals surface area contributed by atoms with E-state index in [0.29, 0.717) is 38.9 Å². The molecule has 0 aromatic heterocycles. The summed E-state index contributed by atoms with van der Waals surface area (Å²) in [6, 6.07) is 0. The molecule has 0 aromatic carbocycles. The molecule has 0 fully saturated rings. The van der Waals surface area contributed by atoms with E-state index in [1.807, 2.05) is 0 Å². The summed E-state index contributed by atoms with van der Waals surface area (Å²) < 4.78 is 0. The lowest BCUT2D eigenvalue weighted by molar-refractivity contribution is -0.122. The molecule has 3 N–H and O–H groups in total. The molecule has 368 valence electrons. The molecule has 0 aromatic rings. The molecule has 0 saturated carbocycles. The topological polar surface area (TPSA) is 93.8 Å². The Morgan fingerprint density at radius 3 is 0.774 bits per heavy atom. The van der Waals surface area contributed by atoms with E-state index in [1.54, 1.807) is 0 Å². The second kappa shape index (κ2) is 50.3. The number of hydrogen-bond donors (Lipinski definition) is 3. The molecule has 0 saturated heterocycles. The molecule has 3 amide bonds. The van der Waals surface area contributed by atoms with Crippen molar-refractivity contribution in [2.75, 3.05) is 59.4 Å². The zero-order valence-corrected chi connectivity index (χ0v) is 42.4. The van der Waals surface area contributed by atoms with E-state index in [1.165, 1.54) is 212 Å². The number of rotatable bonds is 51. The Labute approximate surface area is 387 Å². The Kier molecular flexibility index (Phi) is 49.0. The summed E-state index contributed by atoms with van der Waals surface area (Å²) in [5.74, 6) is 0.340. The van der Waals surface area contributed by atoms with Crippen LogP contribution in [-0.2, 0) is 14.4 Å². The number of hydrogen-bond acceptors (Lipinski definition) is 5. The predicted molar refractivity (Wildman–Crippen MR) is 270 cm³/mol. The molecule has 62 heavy (non-hydrogen) atoms. The standard InChI is InChI=1S/C54H109N5O3/c1-5-8-11-14-17-20-23-26-29-32-35-38-44-55-52(60)41-47-58(4)50-51-59(48-42-53(61)56-45-39-36-33-30-27-24-21-18-15-12-9-6-2)49-43-54(62)57-46-40-37-34-31-28-25-22-19-16-13-10-7-3/h5-51H2,1-4H3,(H,55,60)(H,56,61)(H,57,62). The first-order valence-corrected chi connectivity index (χ1v) is 27.6. The van der Waals surface area contributed by atoms with Crippen LogP contribution in [-0.4, -0.2) is 86.9 Å². The quantitative estimate of drug-likeness (QED) is 0.0529. The van der Waals surface area contributed by atoms with Crippen LogP contribution in [0, 0.1) is 0 Å². The third-order valence-corrected chi connectivity index (χ3v) is 12.9. The predicted octanol–water partition coefficient (Wildman–Crippen LogP) is 13.8. The largest absolute Gasteiger partial charge is 0.356 e. The van der Waals surface area contributed by atoms with Crippen LogP contribution in [0.4, 0.5) is 0 Å². The van der Waals surface area contributed by atoms with E-state index >= 15 is 0 Å². The van der Waals surface area contributed by atoms with E-state index in [9.17, 15) is 14.4 Å². The minimum absolute atomic E-state index is 0.104. The molecule has 0 bridgehead atoms. The van der Waals surface area contributed by atoms with E-state index in [0.717, 1.165) is 52.0 Å². The molecular formula is C54H109N5O3. The van der Waals surface area contributed by atoms with Crippen molar-refractivity contribution >= 4 is 17.7 Å². The minimum Gasteiger partial charge on any atom is -0.356 e. The first-order valence-electron chi connectivity index (χ1n) is 27.6. The van der Waals surface area contributed by atoms with Crippen LogP contribution < -0.4 is 16.0 Å². The Balaban J connectivity index is 4.38. The number of carbonyl (C=O) groups excluding carboxylic acids is 3. The van der Waals surface area contributed by atoms with Crippen LogP contribution in [0.1, 0.15) is 271 Å². The summed E-state index contributed by atoms with van der Waals surface area (Å²) in [7, 11) is 2.07. The van der Waals surface area contributed by atoms with E-state index in [4.69, 9.17) is 0 Å². The van der Waals surface area contributed by atoms with E-state index in [2.05, 4.69) is 53.6 Å². The smallest absolute Gasteiger partial charge is 0.221 e. The van der Waals surface area contributed by atoms with Crippen LogP contribution in [0.2, 0.25) is 0 Å². The maximum atomic E-state index is 12.8. The second-order valence-corrected chi connectivity index (χ2v) is 19.1. The molecular weight excluding hydrogens is 767 g/mol. The van der Waals surface area contributed by atoms with Gasteiger partial charge in [0, 0.05) is 71.6 Å². The highest BCUT2D eigenvalue weighted by Crippen LogP contribution is 2.14. The summed E-state index contributed by atoms with van der Waals surface area (Å²) in [5.41, 5.74) is 0. The fourth-order valence-electron chi connectivity index (χ4n) is 8.42. The van der Waals surface area contributed by atoms with Gasteiger partial charge < -0.3 is 25.8 Å². The van der Waals surface area contributed by atoms with Gasteiger partial charge in [-0.25, -0.2) is 0 Å². The van der Waals surface area contributed by atoms with Gasteiger partial charge in [0.2, 0.25) is 17.7 Å². The van der Waals surface area contributed by atoms with Crippen molar-refractivity contribution in [3.8, 4) is 0 Å². The molecule has 8 nitrogen and oxygen atoms in total. The second-order valence-electron chi connectivity index (χ2n) is 19.1. The zero-order chi connectivity index (χ0) is 45.2. The fraction of sp³-hybridized carbons (Fsp3) is 0.944. The van der Waals surface area contributed by atoms with Crippen molar-refractivity contribution in [3.63, 3.8) is 0 Å². The first kappa shape index (κ1) is 60.3. The average molecular weight is 876 g/mol. The molecule has 0 atom stereocenters. The summed E-state index contributed by atoms with van der Waals surface area (Å²) in [6.07, 6.45) is 48.8. The van der Waals surface area contributed by atoms with Gasteiger partial charge in [0.25, 0.3) is 0 Å². The maximum absolute atomic E-state index is 12.8. The molecule has 0 aliphatic rings. The molecule has 0 rings (SSSR count). The Morgan fingerprint density at radius 2 is 0.516 bits per heavy atom. The van der Waals surface area contributed by atoms with Crippen molar-refractivity contribution < 1.29 is 14.4 Å². The maximum Gasteiger partial charge on any atom is 0.221 e. The van der Waals surface area contributed by atoms with Crippen molar-refractivity contribution in [2.24, 2.45) is 0 Å². The number of carbonyl (C=O) groups is 3. The van der Waals surface area contributed by atoms with Crippen LogP contribution in [0.3, 0.4) is 0 Å². The van der Waals surface area contributed by atoms with Crippen LogP contribution in [0.25, 0.3) is 0 Å². The van der Waals surface area contributed by atoms with Gasteiger partial charge in [0.1, 0.15) is 0 Å². The normalized spacial score (nSPS) is 11.5. The van der Waals surface area contributed by atoms with Crippen molar-refractivity contribution in [1.82, 2.24) is 25.8 Å². The Hall–Kier alpha value is -1.67. The van der Waals surface area contributed by atoms with Gasteiger partial charge in [-0.1, -0.05) is 233 Å². The van der Waals surface area contributed by atoms with Gasteiger partial charge in [-0.2, -0.15) is 0 Å². The number of unbranched alkanes of at least 4 members (excludes halogenated alkanes) is 33. The van der Waals surface area contributed by atoms with Crippen molar-refractivity contribution in [3.05, 3.63) is 0 Å². The summed E-state index contributed by atoms with van der Waals surface area (Å²) >= 11 is 0. The molecule has 0 aliphatic carbocycles. The van der Waals surface area contributed by atoms with E-state index < -0.39 is 0 Å². The molecule has 0 radical (unpaired) electrons. The van der Waals surface area contributed by atoms with Gasteiger partial charge >= 0.3 is 0 Å². The monoisotopic (exact) mass is 876 g/mol. The Morgan fingerprint density at radius 1 is 0.290 bits per heavy atom. The zero-order valence-electron chi connectivity index (χ0n) is 42.4. The van der Waals surface area contributed by atoms with Gasteiger partial charge in [-0.15, -0.1) is 0 Å². The molecule has 0 unspecified atom stereocenters. The van der Waals surface area contributed by atoms with Crippen LogP contribution in [0.15, 0.2) is 0 Å². The highest BCUT2D eigenvalue weighted by Gasteiger charge is 2.13.